The normalized spacial score (nSPS) is 12.9. The second-order valence-corrected chi connectivity index (χ2v) is 8.02. The Hall–Kier alpha value is -3.06. The Morgan fingerprint density at radius 2 is 1.79 bits per heavy atom. The highest BCUT2D eigenvalue weighted by Gasteiger charge is 2.24. The molecule has 7 nitrogen and oxygen atoms in total. The molecular weight excluding hydrogens is 416 g/mol. The van der Waals surface area contributed by atoms with Gasteiger partial charge in [-0.05, 0) is 63.2 Å². The predicted molar refractivity (Wildman–Crippen MR) is 131 cm³/mol. The van der Waals surface area contributed by atoms with Gasteiger partial charge in [-0.2, -0.15) is 4.98 Å². The molecule has 0 bridgehead atoms. The van der Waals surface area contributed by atoms with E-state index in [1.54, 1.807) is 0 Å². The number of nitrogens with zero attached hydrogens (tertiary/aromatic N) is 4. The van der Waals surface area contributed by atoms with Crippen molar-refractivity contribution >= 4 is 5.69 Å². The second kappa shape index (κ2) is 10.7. The number of aromatic nitrogens is 2. The first-order valence-electron chi connectivity index (χ1n) is 12.0. The molecule has 0 saturated carbocycles. The third-order valence-electron chi connectivity index (χ3n) is 6.16. The summed E-state index contributed by atoms with van der Waals surface area (Å²) >= 11 is 0. The van der Waals surface area contributed by atoms with Crippen LogP contribution >= 0.6 is 0 Å². The van der Waals surface area contributed by atoms with E-state index in [9.17, 15) is 0 Å². The van der Waals surface area contributed by atoms with Crippen molar-refractivity contribution in [1.29, 1.82) is 0 Å². The van der Waals surface area contributed by atoms with Gasteiger partial charge in [0.05, 0.1) is 13.2 Å². The summed E-state index contributed by atoms with van der Waals surface area (Å²) in [4.78, 5) is 9.66. The fourth-order valence-electron chi connectivity index (χ4n) is 4.38. The van der Waals surface area contributed by atoms with E-state index in [0.29, 0.717) is 36.4 Å². The van der Waals surface area contributed by atoms with Crippen LogP contribution in [0.25, 0.3) is 22.8 Å². The van der Waals surface area contributed by atoms with Gasteiger partial charge in [0.1, 0.15) is 0 Å². The molecule has 4 rings (SSSR count). The minimum atomic E-state index is 0.475. The van der Waals surface area contributed by atoms with E-state index in [-0.39, 0.29) is 0 Å². The van der Waals surface area contributed by atoms with E-state index < -0.39 is 0 Å². The van der Waals surface area contributed by atoms with Crippen molar-refractivity contribution in [3.05, 3.63) is 42.0 Å². The summed E-state index contributed by atoms with van der Waals surface area (Å²) in [5, 5.41) is 4.32. The average Bonchev–Trinajstić information content (AvgIpc) is 3.49. The highest BCUT2D eigenvalue weighted by atomic mass is 16.5. The Bertz CT molecular complexity index is 1060. The second-order valence-electron chi connectivity index (χ2n) is 8.02. The summed E-state index contributed by atoms with van der Waals surface area (Å²) < 4.78 is 17.1. The molecule has 3 aromatic rings. The molecule has 7 heteroatoms. The van der Waals surface area contributed by atoms with E-state index in [0.717, 1.165) is 50.3 Å². The molecule has 0 radical (unpaired) electrons. The largest absolute Gasteiger partial charge is 0.490 e. The zero-order valence-electron chi connectivity index (χ0n) is 20.1. The number of hydrogen-bond acceptors (Lipinski definition) is 7. The van der Waals surface area contributed by atoms with E-state index in [1.165, 1.54) is 11.3 Å². The molecule has 0 unspecified atom stereocenters. The summed E-state index contributed by atoms with van der Waals surface area (Å²) in [5.74, 6) is 2.50. The zero-order valence-corrected chi connectivity index (χ0v) is 20.1. The number of fused-ring (bicyclic) bond motifs is 1. The van der Waals surface area contributed by atoms with Crippen LogP contribution in [0.2, 0.25) is 0 Å². The minimum absolute atomic E-state index is 0.475. The summed E-state index contributed by atoms with van der Waals surface area (Å²) in [5.41, 5.74) is 4.44. The number of likely N-dealkylation sites (N-methyl/N-ethyl adjacent to an activating group) is 1. The molecule has 0 aliphatic carbocycles. The summed E-state index contributed by atoms with van der Waals surface area (Å²) in [7, 11) is 0. The fourth-order valence-corrected chi connectivity index (χ4v) is 4.38. The van der Waals surface area contributed by atoms with Gasteiger partial charge in [-0.3, -0.25) is 0 Å². The summed E-state index contributed by atoms with van der Waals surface area (Å²) in [6, 6.07) is 12.1. The molecule has 1 aliphatic heterocycles. The maximum Gasteiger partial charge on any atom is 0.258 e. The molecule has 0 saturated heterocycles. The van der Waals surface area contributed by atoms with Crippen molar-refractivity contribution in [3.63, 3.8) is 0 Å². The lowest BCUT2D eigenvalue weighted by Gasteiger charge is -2.24. The Morgan fingerprint density at radius 3 is 2.55 bits per heavy atom. The SMILES string of the molecule is CCOc1ccc(-c2nc(-c3cccc4c3CCN4CCN(CC)CC)no2)cc1OCC. The van der Waals surface area contributed by atoms with Crippen molar-refractivity contribution in [2.24, 2.45) is 0 Å². The first-order chi connectivity index (χ1) is 16.2. The molecule has 0 amide bonds. The monoisotopic (exact) mass is 450 g/mol. The van der Waals surface area contributed by atoms with Gasteiger partial charge in [0.25, 0.3) is 5.89 Å². The molecular formula is C26H34N4O3. The van der Waals surface area contributed by atoms with Crippen LogP contribution in [0.4, 0.5) is 5.69 Å². The lowest BCUT2D eigenvalue weighted by molar-refractivity contribution is 0.288. The Labute approximate surface area is 196 Å². The zero-order chi connectivity index (χ0) is 23.2. The molecule has 0 fully saturated rings. The van der Waals surface area contributed by atoms with Crippen LogP contribution in [0.15, 0.2) is 40.9 Å². The fraction of sp³-hybridized carbons (Fsp3) is 0.462. The molecule has 1 aliphatic rings. The number of benzene rings is 2. The van der Waals surface area contributed by atoms with E-state index >= 15 is 0 Å². The van der Waals surface area contributed by atoms with Crippen molar-refractivity contribution in [2.45, 2.75) is 34.1 Å². The van der Waals surface area contributed by atoms with Crippen molar-refractivity contribution in [1.82, 2.24) is 15.0 Å². The van der Waals surface area contributed by atoms with Gasteiger partial charge in [0.15, 0.2) is 11.5 Å². The lowest BCUT2D eigenvalue weighted by atomic mass is 10.0. The minimum Gasteiger partial charge on any atom is -0.490 e. The smallest absolute Gasteiger partial charge is 0.258 e. The first kappa shape index (κ1) is 23.1. The third kappa shape index (κ3) is 4.98. The van der Waals surface area contributed by atoms with Crippen LogP contribution in [0, 0.1) is 0 Å². The maximum absolute atomic E-state index is 5.75. The summed E-state index contributed by atoms with van der Waals surface area (Å²) in [6.45, 7) is 14.8. The Morgan fingerprint density at radius 1 is 1.00 bits per heavy atom. The number of anilines is 1. The molecule has 176 valence electrons. The van der Waals surface area contributed by atoms with E-state index in [4.69, 9.17) is 19.0 Å². The van der Waals surface area contributed by atoms with Crippen molar-refractivity contribution < 1.29 is 14.0 Å². The highest BCUT2D eigenvalue weighted by molar-refractivity contribution is 5.74. The number of ether oxygens (including phenoxy) is 2. The first-order valence-corrected chi connectivity index (χ1v) is 12.0. The van der Waals surface area contributed by atoms with Crippen LogP contribution in [-0.4, -0.2) is 61.0 Å². The van der Waals surface area contributed by atoms with Gasteiger partial charge < -0.3 is 23.8 Å². The van der Waals surface area contributed by atoms with Crippen LogP contribution in [0.3, 0.4) is 0 Å². The molecule has 0 atom stereocenters. The van der Waals surface area contributed by atoms with E-state index in [2.05, 4.69) is 47.0 Å². The molecule has 1 aromatic heterocycles. The quantitative estimate of drug-likeness (QED) is 0.411. The van der Waals surface area contributed by atoms with Crippen LogP contribution in [0.1, 0.15) is 33.3 Å². The van der Waals surface area contributed by atoms with Gasteiger partial charge >= 0.3 is 0 Å². The van der Waals surface area contributed by atoms with Crippen molar-refractivity contribution in [3.8, 4) is 34.3 Å². The van der Waals surface area contributed by atoms with Crippen LogP contribution < -0.4 is 14.4 Å². The van der Waals surface area contributed by atoms with Crippen LogP contribution in [0.5, 0.6) is 11.5 Å². The maximum atomic E-state index is 5.75. The van der Waals surface area contributed by atoms with Crippen LogP contribution in [-0.2, 0) is 6.42 Å². The van der Waals surface area contributed by atoms with E-state index in [1.807, 2.05) is 32.0 Å². The third-order valence-corrected chi connectivity index (χ3v) is 6.16. The van der Waals surface area contributed by atoms with Gasteiger partial charge in [-0.15, -0.1) is 0 Å². The number of hydrogen-bond donors (Lipinski definition) is 0. The van der Waals surface area contributed by atoms with Gasteiger partial charge in [0.2, 0.25) is 5.82 Å². The predicted octanol–water partition coefficient (Wildman–Crippen LogP) is 4.91. The molecule has 0 N–H and O–H groups in total. The lowest BCUT2D eigenvalue weighted by Crippen LogP contribution is -2.34. The van der Waals surface area contributed by atoms with Crippen molar-refractivity contribution in [2.75, 3.05) is 50.8 Å². The topological polar surface area (TPSA) is 63.9 Å². The van der Waals surface area contributed by atoms with Gasteiger partial charge in [0, 0.05) is 36.4 Å². The number of rotatable bonds is 11. The molecule has 2 heterocycles. The highest BCUT2D eigenvalue weighted by Crippen LogP contribution is 2.37. The molecule has 0 spiro atoms. The Balaban J connectivity index is 1.57. The molecule has 33 heavy (non-hydrogen) atoms. The van der Waals surface area contributed by atoms with Gasteiger partial charge in [-0.1, -0.05) is 31.1 Å². The molecule has 2 aromatic carbocycles. The summed E-state index contributed by atoms with van der Waals surface area (Å²) in [6.07, 6.45) is 0.991. The van der Waals surface area contributed by atoms with Gasteiger partial charge in [-0.25, -0.2) is 0 Å². The average molecular weight is 451 g/mol. The Kier molecular flexibility index (Phi) is 7.50. The standard InChI is InChI=1S/C26H34N4O3/c1-5-29(6-2)16-17-30-15-14-20-21(10-9-11-22(20)30)25-27-26(33-28-25)19-12-13-23(31-7-3)24(18-19)32-8-4/h9-13,18H,5-8,14-17H2,1-4H3.